The van der Waals surface area contributed by atoms with Crippen LogP contribution in [-0.2, 0) is 17.8 Å². The molecule has 0 radical (unpaired) electrons. The lowest BCUT2D eigenvalue weighted by molar-refractivity contribution is -0.135. The quantitative estimate of drug-likeness (QED) is 0.809. The zero-order chi connectivity index (χ0) is 17.6. The van der Waals surface area contributed by atoms with Gasteiger partial charge in [0, 0.05) is 26.1 Å². The lowest BCUT2D eigenvalue weighted by Gasteiger charge is -2.32. The van der Waals surface area contributed by atoms with Gasteiger partial charge in [-0.15, -0.1) is 10.2 Å². The first kappa shape index (κ1) is 17.5. The van der Waals surface area contributed by atoms with Crippen molar-refractivity contribution in [3.05, 3.63) is 42.0 Å². The maximum atomic E-state index is 12.5. The number of ether oxygens (including phenoxy) is 1. The molecule has 25 heavy (non-hydrogen) atoms. The van der Waals surface area contributed by atoms with E-state index in [1.165, 1.54) is 5.56 Å². The van der Waals surface area contributed by atoms with Crippen LogP contribution in [0.4, 0.5) is 0 Å². The van der Waals surface area contributed by atoms with Crippen LogP contribution in [0.1, 0.15) is 31.2 Å². The van der Waals surface area contributed by atoms with E-state index in [1.54, 1.807) is 6.33 Å². The van der Waals surface area contributed by atoms with Gasteiger partial charge in [0.1, 0.15) is 17.9 Å². The highest BCUT2D eigenvalue weighted by Gasteiger charge is 2.25. The van der Waals surface area contributed by atoms with Crippen molar-refractivity contribution in [1.29, 1.82) is 0 Å². The fraction of sp³-hybridized carbons (Fsp3) is 0.526. The number of rotatable bonds is 6. The predicted molar refractivity (Wildman–Crippen MR) is 95.4 cm³/mol. The van der Waals surface area contributed by atoms with Crippen molar-refractivity contribution in [2.75, 3.05) is 19.7 Å². The number of benzene rings is 1. The van der Waals surface area contributed by atoms with Gasteiger partial charge in [0.05, 0.1) is 0 Å². The molecule has 134 valence electrons. The van der Waals surface area contributed by atoms with Crippen LogP contribution in [0.15, 0.2) is 30.6 Å². The summed E-state index contributed by atoms with van der Waals surface area (Å²) in [4.78, 5) is 14.4. The second kappa shape index (κ2) is 8.14. The van der Waals surface area contributed by atoms with Gasteiger partial charge in [-0.3, -0.25) is 4.79 Å². The zero-order valence-electron chi connectivity index (χ0n) is 15.0. The van der Waals surface area contributed by atoms with Gasteiger partial charge in [0.15, 0.2) is 6.61 Å². The van der Waals surface area contributed by atoms with Crippen molar-refractivity contribution in [3.63, 3.8) is 0 Å². The van der Waals surface area contributed by atoms with Gasteiger partial charge >= 0.3 is 0 Å². The van der Waals surface area contributed by atoms with E-state index in [2.05, 4.69) is 21.7 Å². The molecule has 2 aromatic rings. The lowest BCUT2D eigenvalue weighted by atomic mass is 9.94. The molecule has 0 bridgehead atoms. The Morgan fingerprint density at radius 3 is 2.88 bits per heavy atom. The zero-order valence-corrected chi connectivity index (χ0v) is 15.0. The Labute approximate surface area is 148 Å². The van der Waals surface area contributed by atoms with Gasteiger partial charge in [-0.1, -0.05) is 17.7 Å². The topological polar surface area (TPSA) is 60.2 Å². The summed E-state index contributed by atoms with van der Waals surface area (Å²) in [7, 11) is 0. The third-order valence-corrected chi connectivity index (χ3v) is 4.76. The molecule has 1 fully saturated rings. The average Bonchev–Trinajstić information content (AvgIpc) is 3.08. The second-order valence-corrected chi connectivity index (χ2v) is 6.69. The first-order valence-electron chi connectivity index (χ1n) is 8.99. The van der Waals surface area contributed by atoms with Crippen molar-refractivity contribution < 1.29 is 9.53 Å². The minimum Gasteiger partial charge on any atom is -0.484 e. The third-order valence-electron chi connectivity index (χ3n) is 4.76. The van der Waals surface area contributed by atoms with Crippen molar-refractivity contribution in [2.24, 2.45) is 5.92 Å². The molecule has 1 atom stereocenters. The number of amides is 1. The van der Waals surface area contributed by atoms with E-state index in [0.717, 1.165) is 50.5 Å². The van der Waals surface area contributed by atoms with Crippen LogP contribution in [0.5, 0.6) is 5.75 Å². The van der Waals surface area contributed by atoms with Gasteiger partial charge < -0.3 is 14.2 Å². The molecule has 6 heteroatoms. The molecule has 1 aromatic heterocycles. The van der Waals surface area contributed by atoms with Crippen LogP contribution < -0.4 is 4.74 Å². The van der Waals surface area contributed by atoms with Crippen molar-refractivity contribution in [2.45, 2.75) is 39.7 Å². The van der Waals surface area contributed by atoms with Crippen LogP contribution in [0.25, 0.3) is 0 Å². The number of carbonyl (C=O) groups is 1. The SMILES string of the molecule is CCn1cnnc1CC1CCCN(C(=O)COc2ccc(C)cc2)C1. The first-order valence-corrected chi connectivity index (χ1v) is 8.99. The smallest absolute Gasteiger partial charge is 0.260 e. The third kappa shape index (κ3) is 4.59. The average molecular weight is 342 g/mol. The largest absolute Gasteiger partial charge is 0.484 e. The second-order valence-electron chi connectivity index (χ2n) is 6.69. The highest BCUT2D eigenvalue weighted by molar-refractivity contribution is 5.77. The number of aromatic nitrogens is 3. The maximum absolute atomic E-state index is 12.5. The predicted octanol–water partition coefficient (Wildman–Crippen LogP) is 2.47. The standard InChI is InChI=1S/C19H26N4O2/c1-3-22-14-20-21-18(22)11-16-5-4-10-23(12-16)19(24)13-25-17-8-6-15(2)7-9-17/h6-9,14,16H,3-5,10-13H2,1-2H3. The number of carbonyl (C=O) groups excluding carboxylic acids is 1. The summed E-state index contributed by atoms with van der Waals surface area (Å²) in [5.74, 6) is 2.25. The molecule has 0 aliphatic carbocycles. The summed E-state index contributed by atoms with van der Waals surface area (Å²) < 4.78 is 7.71. The van der Waals surface area contributed by atoms with E-state index in [-0.39, 0.29) is 12.5 Å². The number of likely N-dealkylation sites (tertiary alicyclic amines) is 1. The summed E-state index contributed by atoms with van der Waals surface area (Å²) in [6.07, 6.45) is 4.80. The van der Waals surface area contributed by atoms with Crippen molar-refractivity contribution in [1.82, 2.24) is 19.7 Å². The lowest BCUT2D eigenvalue weighted by Crippen LogP contribution is -2.43. The fourth-order valence-electron chi connectivity index (χ4n) is 3.29. The van der Waals surface area contributed by atoms with Crippen LogP contribution in [0.3, 0.4) is 0 Å². The Balaban J connectivity index is 1.51. The maximum Gasteiger partial charge on any atom is 0.260 e. The highest BCUT2D eigenvalue weighted by atomic mass is 16.5. The summed E-state index contributed by atoms with van der Waals surface area (Å²) in [6, 6.07) is 7.78. The van der Waals surface area contributed by atoms with Crippen molar-refractivity contribution >= 4 is 5.91 Å². The molecule has 1 unspecified atom stereocenters. The number of hydrogen-bond acceptors (Lipinski definition) is 4. The Kier molecular flexibility index (Phi) is 5.68. The van der Waals surface area contributed by atoms with Crippen molar-refractivity contribution in [3.8, 4) is 5.75 Å². The van der Waals surface area contributed by atoms with E-state index in [9.17, 15) is 4.79 Å². The van der Waals surface area contributed by atoms with Crippen LogP contribution >= 0.6 is 0 Å². The molecule has 1 amide bonds. The monoisotopic (exact) mass is 342 g/mol. The molecule has 1 aliphatic heterocycles. The molecule has 1 aliphatic rings. The first-order chi connectivity index (χ1) is 12.2. The Hall–Kier alpha value is -2.37. The van der Waals surface area contributed by atoms with Crippen LogP contribution in [-0.4, -0.2) is 45.3 Å². The Morgan fingerprint density at radius 2 is 2.12 bits per heavy atom. The molecule has 2 heterocycles. The molecular weight excluding hydrogens is 316 g/mol. The number of aryl methyl sites for hydroxylation is 2. The Morgan fingerprint density at radius 1 is 1.32 bits per heavy atom. The van der Waals surface area contributed by atoms with E-state index in [0.29, 0.717) is 5.92 Å². The summed E-state index contributed by atoms with van der Waals surface area (Å²) in [5.41, 5.74) is 1.18. The van der Waals surface area contributed by atoms with E-state index >= 15 is 0 Å². The minimum atomic E-state index is 0.0576. The fourth-order valence-corrected chi connectivity index (χ4v) is 3.29. The summed E-state index contributed by atoms with van der Waals surface area (Å²) in [6.45, 7) is 6.68. The molecule has 0 N–H and O–H groups in total. The van der Waals surface area contributed by atoms with Gasteiger partial charge in [-0.2, -0.15) is 0 Å². The molecule has 3 rings (SSSR count). The number of nitrogens with zero attached hydrogens (tertiary/aromatic N) is 4. The normalized spacial score (nSPS) is 17.5. The Bertz CT molecular complexity index is 696. The number of hydrogen-bond donors (Lipinski definition) is 0. The molecule has 1 saturated heterocycles. The summed E-state index contributed by atoms with van der Waals surface area (Å²) >= 11 is 0. The van der Waals surface area contributed by atoms with Crippen LogP contribution in [0, 0.1) is 12.8 Å². The molecular formula is C19H26N4O2. The molecule has 1 aromatic carbocycles. The number of piperidine rings is 1. The highest BCUT2D eigenvalue weighted by Crippen LogP contribution is 2.20. The summed E-state index contributed by atoms with van der Waals surface area (Å²) in [5, 5.41) is 8.21. The molecule has 6 nitrogen and oxygen atoms in total. The van der Waals surface area contributed by atoms with Crippen LogP contribution in [0.2, 0.25) is 0 Å². The van der Waals surface area contributed by atoms with E-state index in [1.807, 2.05) is 36.1 Å². The molecule has 0 spiro atoms. The van der Waals surface area contributed by atoms with E-state index < -0.39 is 0 Å². The van der Waals surface area contributed by atoms with E-state index in [4.69, 9.17) is 4.74 Å². The minimum absolute atomic E-state index is 0.0576. The van der Waals surface area contributed by atoms with Gasteiger partial charge in [0.25, 0.3) is 5.91 Å². The molecule has 0 saturated carbocycles. The van der Waals surface area contributed by atoms with Gasteiger partial charge in [0.2, 0.25) is 0 Å². The van der Waals surface area contributed by atoms with Gasteiger partial charge in [-0.25, -0.2) is 0 Å². The van der Waals surface area contributed by atoms with Gasteiger partial charge in [-0.05, 0) is 44.7 Å².